The molecule has 2 nitrogen and oxygen atoms in total. The highest BCUT2D eigenvalue weighted by molar-refractivity contribution is 7.25. The van der Waals surface area contributed by atoms with Crippen molar-refractivity contribution < 1.29 is 0 Å². The first-order chi connectivity index (χ1) is 29.5. The average molecular weight is 785 g/mol. The number of hydrogen-bond acceptors (Lipinski definition) is 2. The van der Waals surface area contributed by atoms with Crippen LogP contribution in [0.1, 0.15) is 25.0 Å². The Hall–Kier alpha value is -7.20. The predicted octanol–water partition coefficient (Wildman–Crippen LogP) is 16.3. The lowest BCUT2D eigenvalue weighted by atomic mass is 9.82. The summed E-state index contributed by atoms with van der Waals surface area (Å²) in [5.41, 5.74) is 17.1. The van der Waals surface area contributed by atoms with E-state index in [1.165, 1.54) is 97.9 Å². The van der Waals surface area contributed by atoms with Crippen molar-refractivity contribution >= 4 is 70.4 Å². The first-order valence-electron chi connectivity index (χ1n) is 20.8. The van der Waals surface area contributed by atoms with E-state index in [2.05, 4.69) is 230 Å². The molecule has 0 fully saturated rings. The van der Waals surface area contributed by atoms with Gasteiger partial charge in [-0.3, -0.25) is 0 Å². The van der Waals surface area contributed by atoms with Gasteiger partial charge in [0.2, 0.25) is 0 Å². The molecular weight excluding hydrogens is 745 g/mol. The van der Waals surface area contributed by atoms with Gasteiger partial charge in [0, 0.05) is 59.0 Å². The zero-order valence-electron chi connectivity index (χ0n) is 33.4. The molecule has 0 spiro atoms. The summed E-state index contributed by atoms with van der Waals surface area (Å²) in [7, 11) is 0. The predicted molar refractivity (Wildman–Crippen MR) is 257 cm³/mol. The van der Waals surface area contributed by atoms with Crippen LogP contribution in [0.15, 0.2) is 206 Å². The van der Waals surface area contributed by atoms with Gasteiger partial charge in [0.15, 0.2) is 0 Å². The van der Waals surface area contributed by atoms with Crippen LogP contribution in [0.3, 0.4) is 0 Å². The third-order valence-corrected chi connectivity index (χ3v) is 14.0. The van der Waals surface area contributed by atoms with Gasteiger partial charge in [-0.2, -0.15) is 0 Å². The Balaban J connectivity index is 1.01. The number of fused-ring (bicyclic) bond motifs is 9. The molecule has 0 N–H and O–H groups in total. The zero-order chi connectivity index (χ0) is 40.0. The number of thiophene rings is 1. The maximum Gasteiger partial charge on any atom is 0.0547 e. The number of aromatic nitrogens is 1. The summed E-state index contributed by atoms with van der Waals surface area (Å²) in [6.07, 6.45) is 0. The third-order valence-electron chi connectivity index (χ3n) is 12.8. The topological polar surface area (TPSA) is 8.17 Å². The van der Waals surface area contributed by atoms with Crippen LogP contribution in [0.5, 0.6) is 0 Å². The van der Waals surface area contributed by atoms with Crippen molar-refractivity contribution in [2.45, 2.75) is 19.3 Å². The zero-order valence-corrected chi connectivity index (χ0v) is 34.2. The highest BCUT2D eigenvalue weighted by Crippen LogP contribution is 2.54. The lowest BCUT2D eigenvalue weighted by Gasteiger charge is -2.29. The summed E-state index contributed by atoms with van der Waals surface area (Å²) >= 11 is 1.86. The van der Waals surface area contributed by atoms with E-state index in [1.54, 1.807) is 0 Å². The maximum atomic E-state index is 2.46. The lowest BCUT2D eigenvalue weighted by molar-refractivity contribution is 0.660. The summed E-state index contributed by atoms with van der Waals surface area (Å²) in [4.78, 5) is 2.46. The van der Waals surface area contributed by atoms with E-state index >= 15 is 0 Å². The highest BCUT2D eigenvalue weighted by Gasteiger charge is 2.37. The maximum absolute atomic E-state index is 2.46. The van der Waals surface area contributed by atoms with Crippen molar-refractivity contribution in [3.8, 4) is 39.1 Å². The molecular formula is C57H40N2S. The Morgan fingerprint density at radius 3 is 1.85 bits per heavy atom. The van der Waals surface area contributed by atoms with Crippen molar-refractivity contribution in [3.05, 3.63) is 217 Å². The fourth-order valence-electron chi connectivity index (χ4n) is 9.96. The number of rotatable bonds is 6. The molecule has 2 aromatic heterocycles. The van der Waals surface area contributed by atoms with Crippen LogP contribution in [0, 0.1) is 0 Å². The summed E-state index contributed by atoms with van der Waals surface area (Å²) in [5, 5.41) is 5.17. The summed E-state index contributed by atoms with van der Waals surface area (Å²) in [5.74, 6) is 0. The Bertz CT molecular complexity index is 3440. The van der Waals surface area contributed by atoms with Crippen LogP contribution in [0.25, 0.3) is 81.0 Å². The number of nitrogens with zero attached hydrogens (tertiary/aromatic N) is 2. The molecule has 11 aromatic rings. The van der Waals surface area contributed by atoms with Crippen LogP contribution in [-0.4, -0.2) is 4.57 Å². The van der Waals surface area contributed by atoms with E-state index < -0.39 is 0 Å². The molecule has 60 heavy (non-hydrogen) atoms. The van der Waals surface area contributed by atoms with Gasteiger partial charge in [-0.25, -0.2) is 0 Å². The molecule has 0 bridgehead atoms. The molecule has 12 rings (SSSR count). The second kappa shape index (κ2) is 13.4. The van der Waals surface area contributed by atoms with E-state index in [0.29, 0.717) is 0 Å². The van der Waals surface area contributed by atoms with Crippen molar-refractivity contribution in [2.75, 3.05) is 4.90 Å². The van der Waals surface area contributed by atoms with Gasteiger partial charge in [-0.05, 0) is 112 Å². The fourth-order valence-corrected chi connectivity index (χ4v) is 11.0. The largest absolute Gasteiger partial charge is 0.310 e. The minimum Gasteiger partial charge on any atom is -0.310 e. The van der Waals surface area contributed by atoms with Gasteiger partial charge in [0.1, 0.15) is 0 Å². The second-order valence-corrected chi connectivity index (χ2v) is 17.6. The second-order valence-electron chi connectivity index (χ2n) is 16.5. The molecule has 1 aliphatic carbocycles. The molecule has 9 aromatic carbocycles. The molecule has 284 valence electrons. The molecule has 3 heteroatoms. The van der Waals surface area contributed by atoms with Crippen molar-refractivity contribution in [2.24, 2.45) is 0 Å². The summed E-state index contributed by atoms with van der Waals surface area (Å²) in [6.45, 7) is 4.72. The Morgan fingerprint density at radius 1 is 0.433 bits per heavy atom. The van der Waals surface area contributed by atoms with E-state index in [4.69, 9.17) is 0 Å². The van der Waals surface area contributed by atoms with Crippen LogP contribution in [0.2, 0.25) is 0 Å². The Labute approximate surface area is 353 Å². The van der Waals surface area contributed by atoms with E-state index in [0.717, 1.165) is 11.4 Å². The smallest absolute Gasteiger partial charge is 0.0547 e. The van der Waals surface area contributed by atoms with E-state index in [-0.39, 0.29) is 5.41 Å². The first-order valence-corrected chi connectivity index (χ1v) is 21.6. The molecule has 0 saturated heterocycles. The molecule has 2 heterocycles. The van der Waals surface area contributed by atoms with Gasteiger partial charge < -0.3 is 9.47 Å². The minimum absolute atomic E-state index is 0.108. The summed E-state index contributed by atoms with van der Waals surface area (Å²) in [6, 6.07) is 76.1. The van der Waals surface area contributed by atoms with Crippen LogP contribution < -0.4 is 4.90 Å². The van der Waals surface area contributed by atoms with Crippen molar-refractivity contribution in [3.63, 3.8) is 0 Å². The molecule has 0 aliphatic heterocycles. The SMILES string of the molecule is CC1(C)c2ccccc2-c2c(N(c3ccc(-c4ccc5sc6ccccc6c5c4)cc3)c3ccc(-c4cccc5c4c4ccccc4n5-c4ccccc4)cc3)cccc21. The van der Waals surface area contributed by atoms with Crippen molar-refractivity contribution in [1.29, 1.82) is 0 Å². The Kier molecular flexibility index (Phi) is 7.79. The lowest BCUT2D eigenvalue weighted by Crippen LogP contribution is -2.16. The monoisotopic (exact) mass is 784 g/mol. The highest BCUT2D eigenvalue weighted by atomic mass is 32.1. The van der Waals surface area contributed by atoms with Crippen LogP contribution in [-0.2, 0) is 5.41 Å². The van der Waals surface area contributed by atoms with E-state index in [9.17, 15) is 0 Å². The number of anilines is 3. The molecule has 0 saturated carbocycles. The fraction of sp³-hybridized carbons (Fsp3) is 0.0526. The quantitative estimate of drug-likeness (QED) is 0.163. The van der Waals surface area contributed by atoms with Gasteiger partial charge in [-0.1, -0.05) is 147 Å². The molecule has 1 aliphatic rings. The molecule has 0 atom stereocenters. The standard InChI is InChI=1S/C57H40N2S/c1-57(2)48-20-9-6-17-45(48)56-49(57)21-13-24-52(56)58(41-31-26-37(27-32-41)39-30-35-54-47(36-39)44-16-8-11-25-53(44)60-54)42-33-28-38(29-34-42)43-19-12-23-51-55(43)46-18-7-10-22-50(46)59(51)40-14-4-3-5-15-40/h3-36H,1-2H3. The number of benzene rings is 9. The van der Waals surface area contributed by atoms with E-state index in [1.807, 2.05) is 11.3 Å². The summed E-state index contributed by atoms with van der Waals surface area (Å²) < 4.78 is 5.05. The van der Waals surface area contributed by atoms with Crippen molar-refractivity contribution in [1.82, 2.24) is 4.57 Å². The van der Waals surface area contributed by atoms with Crippen LogP contribution >= 0.6 is 11.3 Å². The average Bonchev–Trinajstić information content (AvgIpc) is 3.93. The number of para-hydroxylation sites is 2. The number of hydrogen-bond donors (Lipinski definition) is 0. The van der Waals surface area contributed by atoms with Gasteiger partial charge in [-0.15, -0.1) is 11.3 Å². The normalized spacial score (nSPS) is 13.0. The molecule has 0 unspecified atom stereocenters. The minimum atomic E-state index is -0.108. The van der Waals surface area contributed by atoms with Gasteiger partial charge in [0.05, 0.1) is 16.7 Å². The molecule has 0 radical (unpaired) electrons. The molecule has 0 amide bonds. The third kappa shape index (κ3) is 5.26. The Morgan fingerprint density at radius 2 is 1.03 bits per heavy atom. The van der Waals surface area contributed by atoms with Gasteiger partial charge in [0.25, 0.3) is 0 Å². The van der Waals surface area contributed by atoms with Crippen LogP contribution in [0.4, 0.5) is 17.1 Å². The van der Waals surface area contributed by atoms with Gasteiger partial charge >= 0.3 is 0 Å². The first kappa shape index (κ1) is 34.8.